The predicted molar refractivity (Wildman–Crippen MR) is 132 cm³/mol. The number of rotatable bonds is 8. The molecule has 0 saturated heterocycles. The van der Waals surface area contributed by atoms with E-state index in [2.05, 4.69) is 41.4 Å². The number of carbonyl (C=O) groups excluding carboxylic acids is 2. The Kier molecular flexibility index (Phi) is 7.83. The van der Waals surface area contributed by atoms with E-state index in [0.29, 0.717) is 41.7 Å². The Morgan fingerprint density at radius 2 is 1.41 bits per heavy atom. The highest BCUT2D eigenvalue weighted by Crippen LogP contribution is 2.37. The number of aromatic nitrogens is 2. The zero-order chi connectivity index (χ0) is 24.7. The molecule has 8 heteroatoms. The standard InChI is InChI=1S/C26H30N4O4/c1-6-33-22-15-20(30-25(32)21-16-27-12-13-28-21)23(34-7-2)14-19(22)29-24(31)17-8-10-18(11-9-17)26(3,4)5/h8-16H,6-7H2,1-5H3,(H,29,31)(H,30,32). The van der Waals surface area contributed by atoms with Gasteiger partial charge in [-0.3, -0.25) is 14.6 Å². The summed E-state index contributed by atoms with van der Waals surface area (Å²) in [7, 11) is 0. The first-order valence-electron chi connectivity index (χ1n) is 11.2. The molecule has 3 aromatic rings. The van der Waals surface area contributed by atoms with Crippen molar-refractivity contribution in [3.8, 4) is 11.5 Å². The Morgan fingerprint density at radius 1 is 0.853 bits per heavy atom. The van der Waals surface area contributed by atoms with Crippen molar-refractivity contribution >= 4 is 23.2 Å². The van der Waals surface area contributed by atoms with Crippen molar-refractivity contribution in [2.45, 2.75) is 40.0 Å². The normalized spacial score (nSPS) is 11.0. The second kappa shape index (κ2) is 10.8. The minimum absolute atomic E-state index is 0.00483. The highest BCUT2D eigenvalue weighted by molar-refractivity contribution is 6.06. The summed E-state index contributed by atoms with van der Waals surface area (Å²) in [6.45, 7) is 10.8. The van der Waals surface area contributed by atoms with Crippen molar-refractivity contribution < 1.29 is 19.1 Å². The van der Waals surface area contributed by atoms with Gasteiger partial charge in [-0.1, -0.05) is 32.9 Å². The second-order valence-corrected chi connectivity index (χ2v) is 8.54. The number of hydrogen-bond acceptors (Lipinski definition) is 6. The van der Waals surface area contributed by atoms with Crippen LogP contribution in [-0.4, -0.2) is 35.0 Å². The molecule has 0 spiro atoms. The molecule has 2 N–H and O–H groups in total. The molecule has 0 aliphatic rings. The Hall–Kier alpha value is -3.94. The van der Waals surface area contributed by atoms with E-state index in [4.69, 9.17) is 9.47 Å². The van der Waals surface area contributed by atoms with Crippen LogP contribution < -0.4 is 20.1 Å². The van der Waals surface area contributed by atoms with Crippen molar-refractivity contribution in [1.29, 1.82) is 0 Å². The molecule has 3 rings (SSSR count). The molecule has 2 aromatic carbocycles. The van der Waals surface area contributed by atoms with Gasteiger partial charge >= 0.3 is 0 Å². The van der Waals surface area contributed by atoms with E-state index < -0.39 is 5.91 Å². The quantitative estimate of drug-likeness (QED) is 0.484. The third-order valence-electron chi connectivity index (χ3n) is 4.99. The number of anilines is 2. The maximum atomic E-state index is 13.0. The van der Waals surface area contributed by atoms with Crippen LogP contribution in [0.3, 0.4) is 0 Å². The number of ether oxygens (including phenoxy) is 2. The van der Waals surface area contributed by atoms with E-state index in [1.165, 1.54) is 18.6 Å². The molecule has 0 radical (unpaired) electrons. The summed E-state index contributed by atoms with van der Waals surface area (Å²) in [6, 6.07) is 10.8. The fourth-order valence-corrected chi connectivity index (χ4v) is 3.22. The van der Waals surface area contributed by atoms with Gasteiger partial charge in [0.25, 0.3) is 11.8 Å². The molecule has 8 nitrogen and oxygen atoms in total. The molecule has 0 saturated carbocycles. The topological polar surface area (TPSA) is 102 Å². The van der Waals surface area contributed by atoms with Crippen LogP contribution in [0, 0.1) is 0 Å². The lowest BCUT2D eigenvalue weighted by Gasteiger charge is -2.19. The van der Waals surface area contributed by atoms with Gasteiger partial charge in [-0.15, -0.1) is 0 Å². The van der Waals surface area contributed by atoms with Gasteiger partial charge in [0.15, 0.2) is 0 Å². The minimum Gasteiger partial charge on any atom is -0.492 e. The molecule has 2 amide bonds. The van der Waals surface area contributed by atoms with E-state index in [1.807, 2.05) is 26.0 Å². The van der Waals surface area contributed by atoms with Crippen LogP contribution in [0.1, 0.15) is 61.0 Å². The highest BCUT2D eigenvalue weighted by Gasteiger charge is 2.19. The number of hydrogen-bond donors (Lipinski definition) is 2. The molecule has 178 valence electrons. The zero-order valence-electron chi connectivity index (χ0n) is 20.1. The van der Waals surface area contributed by atoms with Crippen molar-refractivity contribution in [2.75, 3.05) is 23.8 Å². The third-order valence-corrected chi connectivity index (χ3v) is 4.99. The van der Waals surface area contributed by atoms with E-state index in [0.717, 1.165) is 5.56 Å². The zero-order valence-corrected chi connectivity index (χ0v) is 20.1. The number of carbonyl (C=O) groups is 2. The lowest BCUT2D eigenvalue weighted by molar-refractivity contribution is 0.101. The Bertz CT molecular complexity index is 1140. The Morgan fingerprint density at radius 3 is 1.88 bits per heavy atom. The fourth-order valence-electron chi connectivity index (χ4n) is 3.22. The highest BCUT2D eigenvalue weighted by atomic mass is 16.5. The lowest BCUT2D eigenvalue weighted by Crippen LogP contribution is -2.17. The molecule has 0 fully saturated rings. The summed E-state index contributed by atoms with van der Waals surface area (Å²) in [5.74, 6) is 0.0778. The van der Waals surface area contributed by atoms with Crippen LogP contribution >= 0.6 is 0 Å². The van der Waals surface area contributed by atoms with Crippen molar-refractivity contribution in [3.63, 3.8) is 0 Å². The molecule has 0 bridgehead atoms. The SMILES string of the molecule is CCOc1cc(NC(=O)c2cnccn2)c(OCC)cc1NC(=O)c1ccc(C(C)(C)C)cc1. The maximum Gasteiger partial charge on any atom is 0.275 e. The summed E-state index contributed by atoms with van der Waals surface area (Å²) in [5, 5.41) is 5.69. The van der Waals surface area contributed by atoms with Crippen LogP contribution in [0.4, 0.5) is 11.4 Å². The molecule has 0 aliphatic carbocycles. The van der Waals surface area contributed by atoms with Gasteiger partial charge in [-0.25, -0.2) is 4.98 Å². The Labute approximate surface area is 199 Å². The molecular formula is C26H30N4O4. The minimum atomic E-state index is -0.438. The molecule has 1 aromatic heterocycles. The largest absolute Gasteiger partial charge is 0.492 e. The summed E-state index contributed by atoms with van der Waals surface area (Å²) in [4.78, 5) is 33.5. The van der Waals surface area contributed by atoms with Crippen molar-refractivity contribution in [1.82, 2.24) is 9.97 Å². The van der Waals surface area contributed by atoms with Gasteiger partial charge in [0.2, 0.25) is 0 Å². The van der Waals surface area contributed by atoms with Gasteiger partial charge in [-0.05, 0) is 37.0 Å². The summed E-state index contributed by atoms with van der Waals surface area (Å²) >= 11 is 0. The van der Waals surface area contributed by atoms with Crippen LogP contribution in [0.15, 0.2) is 55.0 Å². The fraction of sp³-hybridized carbons (Fsp3) is 0.308. The predicted octanol–water partition coefficient (Wildman–Crippen LogP) is 5.08. The van der Waals surface area contributed by atoms with Crippen molar-refractivity contribution in [3.05, 3.63) is 71.8 Å². The molecule has 0 aliphatic heterocycles. The molecule has 1 heterocycles. The summed E-state index contributed by atoms with van der Waals surface area (Å²) < 4.78 is 11.5. The Balaban J connectivity index is 1.89. The van der Waals surface area contributed by atoms with Gasteiger partial charge in [-0.2, -0.15) is 0 Å². The number of nitrogens with one attached hydrogen (secondary N) is 2. The number of amides is 2. The van der Waals surface area contributed by atoms with Crippen LogP contribution in [-0.2, 0) is 5.41 Å². The molecule has 0 atom stereocenters. The van der Waals surface area contributed by atoms with Crippen LogP contribution in [0.25, 0.3) is 0 Å². The van der Waals surface area contributed by atoms with Gasteiger partial charge < -0.3 is 20.1 Å². The first-order valence-corrected chi connectivity index (χ1v) is 11.2. The summed E-state index contributed by atoms with van der Waals surface area (Å²) in [5.41, 5.74) is 2.66. The first kappa shape index (κ1) is 24.7. The van der Waals surface area contributed by atoms with Crippen LogP contribution in [0.5, 0.6) is 11.5 Å². The molecule has 0 unspecified atom stereocenters. The van der Waals surface area contributed by atoms with Crippen LogP contribution in [0.2, 0.25) is 0 Å². The third kappa shape index (κ3) is 6.10. The molecule has 34 heavy (non-hydrogen) atoms. The second-order valence-electron chi connectivity index (χ2n) is 8.54. The number of nitrogens with zero attached hydrogens (tertiary/aromatic N) is 2. The summed E-state index contributed by atoms with van der Waals surface area (Å²) in [6.07, 6.45) is 4.30. The first-order chi connectivity index (χ1) is 16.2. The average molecular weight is 463 g/mol. The monoisotopic (exact) mass is 462 g/mol. The van der Waals surface area contributed by atoms with Gasteiger partial charge in [0.05, 0.1) is 30.8 Å². The van der Waals surface area contributed by atoms with Gasteiger partial charge in [0, 0.05) is 30.1 Å². The van der Waals surface area contributed by atoms with E-state index in [1.54, 1.807) is 24.3 Å². The van der Waals surface area contributed by atoms with E-state index in [-0.39, 0.29) is 17.0 Å². The average Bonchev–Trinajstić information content (AvgIpc) is 2.82. The van der Waals surface area contributed by atoms with Crippen molar-refractivity contribution in [2.24, 2.45) is 0 Å². The maximum absolute atomic E-state index is 13.0. The lowest BCUT2D eigenvalue weighted by atomic mass is 9.87. The number of benzene rings is 2. The van der Waals surface area contributed by atoms with Gasteiger partial charge in [0.1, 0.15) is 17.2 Å². The van der Waals surface area contributed by atoms with E-state index in [9.17, 15) is 9.59 Å². The smallest absolute Gasteiger partial charge is 0.275 e. The van der Waals surface area contributed by atoms with E-state index >= 15 is 0 Å². The molecular weight excluding hydrogens is 432 g/mol.